The average Bonchev–Trinajstić information content (AvgIpc) is 2.81. The number of fused-ring (bicyclic) bond motifs is 1. The van der Waals surface area contributed by atoms with E-state index in [1.807, 2.05) is 6.07 Å². The lowest BCUT2D eigenvalue weighted by atomic mass is 9.79. The fourth-order valence-corrected chi connectivity index (χ4v) is 4.15. The van der Waals surface area contributed by atoms with Crippen molar-refractivity contribution < 1.29 is 4.39 Å². The van der Waals surface area contributed by atoms with E-state index < -0.39 is 0 Å². The van der Waals surface area contributed by atoms with E-state index in [0.29, 0.717) is 0 Å². The minimum atomic E-state index is -0.203. The van der Waals surface area contributed by atoms with Crippen molar-refractivity contribution in [3.05, 3.63) is 29.0 Å². The fourth-order valence-electron chi connectivity index (χ4n) is 3.06. The molecule has 1 fully saturated rings. The van der Waals surface area contributed by atoms with Gasteiger partial charge in [0.1, 0.15) is 5.82 Å². The van der Waals surface area contributed by atoms with Crippen molar-refractivity contribution in [1.82, 2.24) is 10.3 Å². The third-order valence-electron chi connectivity index (χ3n) is 4.22. The highest BCUT2D eigenvalue weighted by Crippen LogP contribution is 2.33. The summed E-state index contributed by atoms with van der Waals surface area (Å²) < 4.78 is 14.3. The van der Waals surface area contributed by atoms with Gasteiger partial charge < -0.3 is 5.32 Å². The first-order valence-electron chi connectivity index (χ1n) is 6.95. The summed E-state index contributed by atoms with van der Waals surface area (Å²) in [7, 11) is 2.05. The quantitative estimate of drug-likeness (QED) is 0.921. The second-order valence-electron chi connectivity index (χ2n) is 5.49. The molecule has 1 N–H and O–H groups in total. The molecular formula is C15H19FN2S. The predicted octanol–water partition coefficient (Wildman–Crippen LogP) is 3.90. The lowest BCUT2D eigenvalue weighted by molar-refractivity contribution is 0.244. The Balaban J connectivity index is 1.87. The molecule has 1 aromatic carbocycles. The fraction of sp³-hybridized carbons (Fsp3) is 0.533. The lowest BCUT2D eigenvalue weighted by Gasteiger charge is -2.36. The maximum Gasteiger partial charge on any atom is 0.125 e. The number of thiazole rings is 1. The molecule has 4 heteroatoms. The van der Waals surface area contributed by atoms with Gasteiger partial charge in [-0.15, -0.1) is 11.3 Å². The van der Waals surface area contributed by atoms with E-state index in [1.54, 1.807) is 11.3 Å². The minimum absolute atomic E-state index is 0.199. The van der Waals surface area contributed by atoms with Crippen molar-refractivity contribution in [2.24, 2.45) is 0 Å². The maximum absolute atomic E-state index is 13.2. The molecule has 0 atom stereocenters. The molecule has 102 valence electrons. The number of aromatic nitrogens is 1. The highest BCUT2D eigenvalue weighted by atomic mass is 32.1. The molecule has 1 aliphatic carbocycles. The zero-order valence-electron chi connectivity index (χ0n) is 11.2. The van der Waals surface area contributed by atoms with Crippen molar-refractivity contribution >= 4 is 21.6 Å². The van der Waals surface area contributed by atoms with Crippen LogP contribution in [0, 0.1) is 5.82 Å². The SMILES string of the molecule is CNC1(Cc2nc3cc(F)ccc3s2)CCCCC1. The second-order valence-corrected chi connectivity index (χ2v) is 6.60. The van der Waals surface area contributed by atoms with E-state index in [2.05, 4.69) is 17.3 Å². The van der Waals surface area contributed by atoms with Crippen LogP contribution in [0.25, 0.3) is 10.2 Å². The molecule has 0 radical (unpaired) electrons. The zero-order chi connectivity index (χ0) is 13.3. The van der Waals surface area contributed by atoms with Crippen LogP contribution in [0.2, 0.25) is 0 Å². The number of nitrogens with zero attached hydrogens (tertiary/aromatic N) is 1. The normalized spacial score (nSPS) is 18.8. The van der Waals surface area contributed by atoms with Gasteiger partial charge in [-0.3, -0.25) is 0 Å². The first-order valence-corrected chi connectivity index (χ1v) is 7.76. The van der Waals surface area contributed by atoms with Crippen LogP contribution in [0.1, 0.15) is 37.1 Å². The molecule has 1 aliphatic rings. The summed E-state index contributed by atoms with van der Waals surface area (Å²) >= 11 is 1.70. The highest BCUT2D eigenvalue weighted by molar-refractivity contribution is 7.18. The van der Waals surface area contributed by atoms with E-state index in [-0.39, 0.29) is 11.4 Å². The van der Waals surface area contributed by atoms with Gasteiger partial charge in [0.2, 0.25) is 0 Å². The monoisotopic (exact) mass is 278 g/mol. The largest absolute Gasteiger partial charge is 0.314 e. The molecule has 0 aliphatic heterocycles. The van der Waals surface area contributed by atoms with Gasteiger partial charge in [0.25, 0.3) is 0 Å². The lowest BCUT2D eigenvalue weighted by Crippen LogP contribution is -2.46. The van der Waals surface area contributed by atoms with Gasteiger partial charge in [0.05, 0.1) is 15.2 Å². The Morgan fingerprint density at radius 3 is 2.84 bits per heavy atom. The maximum atomic E-state index is 13.2. The molecule has 0 amide bonds. The van der Waals surface area contributed by atoms with Crippen LogP contribution in [0.15, 0.2) is 18.2 Å². The Kier molecular flexibility index (Phi) is 3.54. The number of nitrogens with one attached hydrogen (secondary N) is 1. The molecule has 0 unspecified atom stereocenters. The summed E-state index contributed by atoms with van der Waals surface area (Å²) in [6.07, 6.45) is 7.32. The molecule has 1 aromatic heterocycles. The molecule has 2 nitrogen and oxygen atoms in total. The average molecular weight is 278 g/mol. The molecule has 3 rings (SSSR count). The molecule has 0 spiro atoms. The predicted molar refractivity (Wildman–Crippen MR) is 78.2 cm³/mol. The summed E-state index contributed by atoms with van der Waals surface area (Å²) in [6, 6.07) is 4.87. The Hall–Kier alpha value is -1.00. The van der Waals surface area contributed by atoms with E-state index in [9.17, 15) is 4.39 Å². The van der Waals surface area contributed by atoms with Gasteiger partial charge in [-0.1, -0.05) is 19.3 Å². The number of hydrogen-bond donors (Lipinski definition) is 1. The van der Waals surface area contributed by atoms with Gasteiger partial charge in [0.15, 0.2) is 0 Å². The van der Waals surface area contributed by atoms with Crippen LogP contribution >= 0.6 is 11.3 Å². The zero-order valence-corrected chi connectivity index (χ0v) is 12.0. The second kappa shape index (κ2) is 5.17. The van der Waals surface area contributed by atoms with Gasteiger partial charge >= 0.3 is 0 Å². The Morgan fingerprint density at radius 2 is 2.11 bits per heavy atom. The van der Waals surface area contributed by atoms with Crippen molar-refractivity contribution in [3.8, 4) is 0 Å². The van der Waals surface area contributed by atoms with E-state index in [1.165, 1.54) is 44.2 Å². The highest BCUT2D eigenvalue weighted by Gasteiger charge is 2.31. The third-order valence-corrected chi connectivity index (χ3v) is 5.26. The van der Waals surface area contributed by atoms with Crippen molar-refractivity contribution in [2.75, 3.05) is 7.05 Å². The van der Waals surface area contributed by atoms with Gasteiger partial charge in [0, 0.05) is 18.0 Å². The standard InChI is InChI=1S/C15H19FN2S/c1-17-15(7-3-2-4-8-15)10-14-18-12-9-11(16)5-6-13(12)19-14/h5-6,9,17H,2-4,7-8,10H2,1H3. The molecule has 2 aromatic rings. The van der Waals surface area contributed by atoms with E-state index in [0.717, 1.165) is 21.6 Å². The van der Waals surface area contributed by atoms with Crippen molar-refractivity contribution in [2.45, 2.75) is 44.1 Å². The molecule has 0 saturated heterocycles. The smallest absolute Gasteiger partial charge is 0.125 e. The van der Waals surface area contributed by atoms with Crippen LogP contribution < -0.4 is 5.32 Å². The number of rotatable bonds is 3. The van der Waals surface area contributed by atoms with Crippen LogP contribution in [0.3, 0.4) is 0 Å². The first-order chi connectivity index (χ1) is 9.21. The van der Waals surface area contributed by atoms with Crippen molar-refractivity contribution in [1.29, 1.82) is 0 Å². The van der Waals surface area contributed by atoms with Gasteiger partial charge in [-0.2, -0.15) is 0 Å². The summed E-state index contributed by atoms with van der Waals surface area (Å²) in [5.41, 5.74) is 0.993. The molecule has 0 bridgehead atoms. The summed E-state index contributed by atoms with van der Waals surface area (Å²) in [6.45, 7) is 0. The Morgan fingerprint density at radius 1 is 1.32 bits per heavy atom. The topological polar surface area (TPSA) is 24.9 Å². The molecule has 19 heavy (non-hydrogen) atoms. The molecular weight excluding hydrogens is 259 g/mol. The van der Waals surface area contributed by atoms with Crippen LogP contribution in [-0.2, 0) is 6.42 Å². The number of halogens is 1. The summed E-state index contributed by atoms with van der Waals surface area (Å²) in [5.74, 6) is -0.203. The molecule has 1 saturated carbocycles. The van der Waals surface area contributed by atoms with E-state index >= 15 is 0 Å². The van der Waals surface area contributed by atoms with Gasteiger partial charge in [-0.05, 0) is 32.0 Å². The van der Waals surface area contributed by atoms with Crippen molar-refractivity contribution in [3.63, 3.8) is 0 Å². The van der Waals surface area contributed by atoms with Crippen LogP contribution in [0.5, 0.6) is 0 Å². The number of hydrogen-bond acceptors (Lipinski definition) is 3. The number of likely N-dealkylation sites (N-methyl/N-ethyl adjacent to an activating group) is 1. The first kappa shape index (κ1) is 13.0. The summed E-state index contributed by atoms with van der Waals surface area (Å²) in [5, 5.41) is 4.64. The third kappa shape index (κ3) is 2.65. The Labute approximate surface area is 117 Å². The van der Waals surface area contributed by atoms with Gasteiger partial charge in [-0.25, -0.2) is 9.37 Å². The minimum Gasteiger partial charge on any atom is -0.314 e. The molecule has 1 heterocycles. The summed E-state index contributed by atoms with van der Waals surface area (Å²) in [4.78, 5) is 4.60. The van der Waals surface area contributed by atoms with Crippen LogP contribution in [0.4, 0.5) is 4.39 Å². The van der Waals surface area contributed by atoms with Crippen LogP contribution in [-0.4, -0.2) is 17.6 Å². The van der Waals surface area contributed by atoms with E-state index in [4.69, 9.17) is 0 Å². The number of benzene rings is 1. The Bertz CT molecular complexity index is 573.